The zero-order chi connectivity index (χ0) is 50.3. The maximum atomic E-state index is 5.73. The molecule has 362 valence electrons. The summed E-state index contributed by atoms with van der Waals surface area (Å²) in [5, 5.41) is 5.73. The van der Waals surface area contributed by atoms with E-state index >= 15 is 0 Å². The number of anilines is 7. The highest BCUT2D eigenvalue weighted by molar-refractivity contribution is 5.89. The van der Waals surface area contributed by atoms with Crippen molar-refractivity contribution < 1.29 is 23.7 Å². The highest BCUT2D eigenvalue weighted by Crippen LogP contribution is 2.60. The van der Waals surface area contributed by atoms with Crippen LogP contribution in [0.25, 0.3) is 11.3 Å². The van der Waals surface area contributed by atoms with Crippen LogP contribution in [0.15, 0.2) is 206 Å². The Labute approximate surface area is 422 Å². The highest BCUT2D eigenvalue weighted by atomic mass is 16.5. The molecule has 10 nitrogen and oxygen atoms in total. The van der Waals surface area contributed by atoms with Crippen LogP contribution in [0.4, 0.5) is 39.8 Å². The van der Waals surface area contributed by atoms with Crippen molar-refractivity contribution in [1.82, 2.24) is 9.78 Å². The molecule has 1 spiro atoms. The van der Waals surface area contributed by atoms with Crippen LogP contribution < -0.4 is 38.4 Å². The molecule has 0 fully saturated rings. The monoisotopic (exact) mass is 953 g/mol. The van der Waals surface area contributed by atoms with Crippen LogP contribution in [0.5, 0.6) is 28.7 Å². The molecule has 0 bridgehead atoms. The molecule has 1 unspecified atom stereocenters. The van der Waals surface area contributed by atoms with Crippen molar-refractivity contribution in [3.8, 4) is 40.0 Å². The third-order valence-corrected chi connectivity index (χ3v) is 13.8. The van der Waals surface area contributed by atoms with E-state index in [1.54, 1.807) is 35.5 Å². The van der Waals surface area contributed by atoms with Gasteiger partial charge in [0.05, 0.1) is 52.6 Å². The summed E-state index contributed by atoms with van der Waals surface area (Å²) < 4.78 is 30.6. The van der Waals surface area contributed by atoms with Crippen LogP contribution in [0.1, 0.15) is 44.5 Å². The van der Waals surface area contributed by atoms with Gasteiger partial charge in [-0.2, -0.15) is 5.10 Å². The molecular weight excluding hydrogens is 895 g/mol. The molecule has 1 atom stereocenters. The Bertz CT molecular complexity index is 3240. The topological polar surface area (TPSA) is 73.7 Å². The summed E-state index contributed by atoms with van der Waals surface area (Å²) >= 11 is 0. The second-order valence-corrected chi connectivity index (χ2v) is 18.8. The molecule has 2 aliphatic rings. The van der Waals surface area contributed by atoms with Gasteiger partial charge in [0.1, 0.15) is 34.3 Å². The summed E-state index contributed by atoms with van der Waals surface area (Å²) in [7, 11) is 8.44. The molecule has 8 aromatic rings. The van der Waals surface area contributed by atoms with E-state index in [1.807, 2.05) is 66.7 Å². The van der Waals surface area contributed by atoms with E-state index in [1.165, 1.54) is 0 Å². The van der Waals surface area contributed by atoms with Gasteiger partial charge in [0.25, 0.3) is 0 Å². The molecule has 10 rings (SSSR count). The number of allylic oxidation sites excluding steroid dienone is 4. The summed E-state index contributed by atoms with van der Waals surface area (Å²) in [5.41, 5.74) is 13.5. The Balaban J connectivity index is 1.33. The molecule has 3 heterocycles. The average molecular weight is 954 g/mol. The smallest absolute Gasteiger partial charge is 0.143 e. The normalized spacial score (nSPS) is 14.8. The van der Waals surface area contributed by atoms with E-state index in [9.17, 15) is 0 Å². The van der Waals surface area contributed by atoms with E-state index in [0.717, 1.165) is 114 Å². The molecule has 0 N–H and O–H groups in total. The number of benzene rings is 7. The highest BCUT2D eigenvalue weighted by Gasteiger charge is 2.54. The van der Waals surface area contributed by atoms with Crippen LogP contribution in [0, 0.1) is 0 Å². The first kappa shape index (κ1) is 47.1. The number of aromatic nitrogens is 2. The van der Waals surface area contributed by atoms with E-state index in [-0.39, 0.29) is 5.41 Å². The fourth-order valence-corrected chi connectivity index (χ4v) is 10.2. The lowest BCUT2D eigenvalue weighted by molar-refractivity contribution is 0.414. The SMILES string of the molecule is C=C/C(=C\C1=C(C)N(c2ccc(OC)cc2)c2ccc(N(c3ccc(OC)cc3)c3ccc(OC)cc3)cc2C12c1ccccc1-c1cc(C(C)(C)C)nn12)N(c1ccc(OC)cc1)c1ccc(OC)cc1. The van der Waals surface area contributed by atoms with Gasteiger partial charge in [-0.15, -0.1) is 0 Å². The lowest BCUT2D eigenvalue weighted by atomic mass is 9.72. The van der Waals surface area contributed by atoms with Gasteiger partial charge in [-0.1, -0.05) is 51.6 Å². The van der Waals surface area contributed by atoms with Crippen LogP contribution in [-0.2, 0) is 11.0 Å². The van der Waals surface area contributed by atoms with Crippen molar-refractivity contribution in [2.75, 3.05) is 50.2 Å². The third kappa shape index (κ3) is 7.98. The number of rotatable bonds is 14. The van der Waals surface area contributed by atoms with E-state index in [4.69, 9.17) is 28.8 Å². The van der Waals surface area contributed by atoms with Gasteiger partial charge in [0.2, 0.25) is 0 Å². The van der Waals surface area contributed by atoms with Gasteiger partial charge in [-0.3, -0.25) is 0 Å². The maximum Gasteiger partial charge on any atom is 0.143 e. The number of methoxy groups -OCH3 is 5. The van der Waals surface area contributed by atoms with Gasteiger partial charge in [-0.25, -0.2) is 4.68 Å². The Hall–Kier alpha value is -8.63. The second kappa shape index (κ2) is 18.9. The van der Waals surface area contributed by atoms with Gasteiger partial charge < -0.3 is 38.4 Å². The largest absolute Gasteiger partial charge is 0.497 e. The lowest BCUT2D eigenvalue weighted by Gasteiger charge is -2.45. The molecule has 0 saturated carbocycles. The maximum absolute atomic E-state index is 5.73. The van der Waals surface area contributed by atoms with Gasteiger partial charge in [0, 0.05) is 67.6 Å². The van der Waals surface area contributed by atoms with Crippen molar-refractivity contribution in [3.63, 3.8) is 0 Å². The van der Waals surface area contributed by atoms with Crippen molar-refractivity contribution in [2.45, 2.75) is 38.6 Å². The van der Waals surface area contributed by atoms with Crippen molar-refractivity contribution in [2.24, 2.45) is 0 Å². The molecule has 1 aromatic heterocycles. The zero-order valence-electron chi connectivity index (χ0n) is 42.3. The summed E-state index contributed by atoms with van der Waals surface area (Å²) in [6, 6.07) is 58.7. The summed E-state index contributed by atoms with van der Waals surface area (Å²) in [4.78, 5) is 6.87. The second-order valence-electron chi connectivity index (χ2n) is 18.8. The van der Waals surface area contributed by atoms with Crippen molar-refractivity contribution in [3.05, 3.63) is 222 Å². The number of hydrogen-bond donors (Lipinski definition) is 0. The van der Waals surface area contributed by atoms with Gasteiger partial charge in [-0.05, 0) is 170 Å². The Morgan fingerprint density at radius 3 is 1.49 bits per heavy atom. The number of hydrogen-bond acceptors (Lipinski definition) is 9. The summed E-state index contributed by atoms with van der Waals surface area (Å²) in [6.07, 6.45) is 4.24. The Morgan fingerprint density at radius 1 is 0.556 bits per heavy atom. The lowest BCUT2D eigenvalue weighted by Crippen LogP contribution is -2.43. The molecule has 10 heteroatoms. The Kier molecular flexibility index (Phi) is 12.4. The fraction of sp³-hybridized carbons (Fsp3) is 0.177. The van der Waals surface area contributed by atoms with Crippen LogP contribution >= 0.6 is 0 Å². The zero-order valence-corrected chi connectivity index (χ0v) is 42.3. The van der Waals surface area contributed by atoms with Gasteiger partial charge >= 0.3 is 0 Å². The van der Waals surface area contributed by atoms with Crippen molar-refractivity contribution >= 4 is 39.8 Å². The number of nitrogens with zero attached hydrogens (tertiary/aromatic N) is 5. The minimum Gasteiger partial charge on any atom is -0.497 e. The quantitative estimate of drug-likeness (QED) is 0.0991. The summed E-state index contributed by atoms with van der Waals surface area (Å²) in [5.74, 6) is 3.82. The third-order valence-electron chi connectivity index (χ3n) is 13.8. The van der Waals surface area contributed by atoms with Crippen molar-refractivity contribution in [1.29, 1.82) is 0 Å². The molecule has 0 saturated heterocycles. The predicted octanol–water partition coefficient (Wildman–Crippen LogP) is 14.8. The minimum absolute atomic E-state index is 0.262. The minimum atomic E-state index is -1.03. The molecule has 0 radical (unpaired) electrons. The Morgan fingerprint density at radius 2 is 1.01 bits per heavy atom. The van der Waals surface area contributed by atoms with Crippen LogP contribution in [-0.4, -0.2) is 45.3 Å². The standard InChI is InChI=1S/C62H59N5O5/c1-11-42(65(44-18-29-50(69-7)30-19-44)45-20-31-51(70-8)32-21-45)38-56-41(2)64(43-16-27-49(68-6)28-17-43)58-37-26-48(66(46-22-33-52(71-9)34-23-46)47-24-35-53(72-10)36-25-47)39-57(58)62(56)55-15-13-12-14-54(55)59-40-60(61(3,4)5)63-67(59)62/h11-40H,1H2,2-10H3/b42-38+. The van der Waals surface area contributed by atoms with E-state index < -0.39 is 5.54 Å². The molecule has 2 aliphatic heterocycles. The predicted molar refractivity (Wildman–Crippen MR) is 291 cm³/mol. The molecular formula is C62H59N5O5. The molecule has 0 amide bonds. The molecule has 0 aliphatic carbocycles. The van der Waals surface area contributed by atoms with Crippen LogP contribution in [0.3, 0.4) is 0 Å². The van der Waals surface area contributed by atoms with Gasteiger partial charge in [0.15, 0.2) is 0 Å². The first-order chi connectivity index (χ1) is 34.9. The molecule has 72 heavy (non-hydrogen) atoms. The first-order valence-corrected chi connectivity index (χ1v) is 24.0. The average Bonchev–Trinajstić information content (AvgIpc) is 3.99. The summed E-state index contributed by atoms with van der Waals surface area (Å²) in [6.45, 7) is 13.4. The fourth-order valence-electron chi connectivity index (χ4n) is 10.2. The molecule has 7 aromatic carbocycles. The number of fused-ring (bicyclic) bond motifs is 7. The van der Waals surface area contributed by atoms with E-state index in [2.05, 4.69) is 169 Å². The first-order valence-electron chi connectivity index (χ1n) is 24.0. The van der Waals surface area contributed by atoms with E-state index in [0.29, 0.717) is 0 Å². The van der Waals surface area contributed by atoms with Crippen LogP contribution in [0.2, 0.25) is 0 Å². The number of ether oxygens (including phenoxy) is 5.